The number of benzene rings is 1. The largest absolute Gasteiger partial charge is 0.361 e. The number of hydrogen-bond donors (Lipinski definition) is 0. The van der Waals surface area contributed by atoms with Crippen LogP contribution in [-0.4, -0.2) is 47.0 Å². The third kappa shape index (κ3) is 3.81. The Labute approximate surface area is 141 Å². The average Bonchev–Trinajstić information content (AvgIpc) is 2.87. The van der Waals surface area contributed by atoms with E-state index in [1.165, 1.54) is 0 Å². The predicted molar refractivity (Wildman–Crippen MR) is 88.2 cm³/mol. The van der Waals surface area contributed by atoms with Crippen LogP contribution in [0.2, 0.25) is 0 Å². The summed E-state index contributed by atoms with van der Waals surface area (Å²) in [6.07, 6.45) is 0.917. The van der Waals surface area contributed by atoms with E-state index in [1.807, 2.05) is 17.9 Å². The lowest BCUT2D eigenvalue weighted by molar-refractivity contribution is 0.0761. The van der Waals surface area contributed by atoms with E-state index in [0.29, 0.717) is 17.7 Å². The Hall–Kier alpha value is -2.65. The van der Waals surface area contributed by atoms with Crippen LogP contribution in [0.15, 0.2) is 34.9 Å². The van der Waals surface area contributed by atoms with Crippen molar-refractivity contribution in [2.24, 2.45) is 0 Å². The third-order valence-electron chi connectivity index (χ3n) is 4.18. The summed E-state index contributed by atoms with van der Waals surface area (Å²) < 4.78 is 5.11. The highest BCUT2D eigenvalue weighted by atomic mass is 16.5. The lowest BCUT2D eigenvalue weighted by Gasteiger charge is -2.21. The Morgan fingerprint density at radius 1 is 1.29 bits per heavy atom. The van der Waals surface area contributed by atoms with E-state index < -0.39 is 0 Å². The van der Waals surface area contributed by atoms with E-state index in [1.54, 1.807) is 24.3 Å². The molecule has 0 bridgehead atoms. The summed E-state index contributed by atoms with van der Waals surface area (Å²) in [6, 6.07) is 10.9. The van der Waals surface area contributed by atoms with Crippen molar-refractivity contribution in [3.63, 3.8) is 0 Å². The van der Waals surface area contributed by atoms with Crippen LogP contribution in [0.3, 0.4) is 0 Å². The van der Waals surface area contributed by atoms with Gasteiger partial charge in [-0.15, -0.1) is 0 Å². The van der Waals surface area contributed by atoms with Gasteiger partial charge in [0, 0.05) is 44.4 Å². The van der Waals surface area contributed by atoms with Gasteiger partial charge < -0.3 is 9.42 Å². The minimum atomic E-state index is -0.00812. The predicted octanol–water partition coefficient (Wildman–Crippen LogP) is 2.20. The molecule has 1 aromatic heterocycles. The smallest absolute Gasteiger partial charge is 0.253 e. The highest BCUT2D eigenvalue weighted by molar-refractivity contribution is 5.94. The Bertz CT molecular complexity index is 762. The molecule has 6 nitrogen and oxygen atoms in total. The molecule has 1 aliphatic rings. The van der Waals surface area contributed by atoms with Gasteiger partial charge in [0.25, 0.3) is 5.91 Å². The van der Waals surface area contributed by atoms with Gasteiger partial charge in [-0.3, -0.25) is 9.69 Å². The van der Waals surface area contributed by atoms with Crippen molar-refractivity contribution < 1.29 is 9.32 Å². The normalized spacial score (nSPS) is 15.8. The van der Waals surface area contributed by atoms with E-state index >= 15 is 0 Å². The zero-order chi connectivity index (χ0) is 16.9. The van der Waals surface area contributed by atoms with E-state index in [0.717, 1.165) is 44.1 Å². The quantitative estimate of drug-likeness (QED) is 0.865. The number of rotatable bonds is 3. The number of nitriles is 1. The molecule has 1 aromatic carbocycles. The summed E-state index contributed by atoms with van der Waals surface area (Å²) in [5.74, 6) is 0.806. The van der Waals surface area contributed by atoms with E-state index in [4.69, 9.17) is 9.78 Å². The zero-order valence-electron chi connectivity index (χ0n) is 13.7. The van der Waals surface area contributed by atoms with Gasteiger partial charge in [-0.05, 0) is 31.5 Å². The fourth-order valence-electron chi connectivity index (χ4n) is 2.96. The van der Waals surface area contributed by atoms with Crippen LogP contribution in [0.5, 0.6) is 0 Å². The molecule has 0 aliphatic carbocycles. The molecule has 0 radical (unpaired) electrons. The van der Waals surface area contributed by atoms with Crippen LogP contribution in [0.1, 0.15) is 33.8 Å². The van der Waals surface area contributed by atoms with Crippen LogP contribution in [0, 0.1) is 18.3 Å². The maximum absolute atomic E-state index is 12.7. The molecule has 0 atom stereocenters. The van der Waals surface area contributed by atoms with Crippen molar-refractivity contribution in [3.8, 4) is 6.07 Å². The third-order valence-corrected chi connectivity index (χ3v) is 4.18. The Morgan fingerprint density at radius 2 is 2.17 bits per heavy atom. The second kappa shape index (κ2) is 7.28. The molecule has 1 saturated heterocycles. The summed E-state index contributed by atoms with van der Waals surface area (Å²) >= 11 is 0. The van der Waals surface area contributed by atoms with E-state index in [-0.39, 0.29) is 5.91 Å². The summed E-state index contributed by atoms with van der Waals surface area (Å²) in [6.45, 7) is 5.75. The molecule has 1 amide bonds. The van der Waals surface area contributed by atoms with Gasteiger partial charge in [-0.2, -0.15) is 5.26 Å². The fraction of sp³-hybridized carbons (Fsp3) is 0.389. The lowest BCUT2D eigenvalue weighted by atomic mass is 10.1. The van der Waals surface area contributed by atoms with Gasteiger partial charge in [-0.1, -0.05) is 11.2 Å². The second-order valence-corrected chi connectivity index (χ2v) is 6.04. The van der Waals surface area contributed by atoms with Gasteiger partial charge in [0.1, 0.15) is 5.76 Å². The van der Waals surface area contributed by atoms with Crippen molar-refractivity contribution in [2.45, 2.75) is 19.9 Å². The summed E-state index contributed by atoms with van der Waals surface area (Å²) in [5.41, 5.74) is 2.02. The van der Waals surface area contributed by atoms with Gasteiger partial charge >= 0.3 is 0 Å². The maximum atomic E-state index is 12.7. The molecule has 2 heterocycles. The minimum Gasteiger partial charge on any atom is -0.361 e. The zero-order valence-corrected chi connectivity index (χ0v) is 13.7. The van der Waals surface area contributed by atoms with E-state index in [9.17, 15) is 4.79 Å². The van der Waals surface area contributed by atoms with Crippen molar-refractivity contribution in [3.05, 3.63) is 52.9 Å². The van der Waals surface area contributed by atoms with Crippen molar-refractivity contribution >= 4 is 5.91 Å². The van der Waals surface area contributed by atoms with Crippen molar-refractivity contribution in [2.75, 3.05) is 26.2 Å². The average molecular weight is 324 g/mol. The fourth-order valence-corrected chi connectivity index (χ4v) is 2.96. The summed E-state index contributed by atoms with van der Waals surface area (Å²) in [7, 11) is 0. The minimum absolute atomic E-state index is 0.00812. The first kappa shape index (κ1) is 16.2. The molecule has 1 fully saturated rings. The van der Waals surface area contributed by atoms with Gasteiger partial charge in [0.2, 0.25) is 0 Å². The molecule has 0 saturated carbocycles. The van der Waals surface area contributed by atoms with Crippen LogP contribution >= 0.6 is 0 Å². The number of nitrogens with zero attached hydrogens (tertiary/aromatic N) is 4. The number of aromatic nitrogens is 1. The monoisotopic (exact) mass is 324 g/mol. The molecule has 0 unspecified atom stereocenters. The molecular formula is C18H20N4O2. The highest BCUT2D eigenvalue weighted by Crippen LogP contribution is 2.13. The molecule has 24 heavy (non-hydrogen) atoms. The van der Waals surface area contributed by atoms with Crippen molar-refractivity contribution in [1.29, 1.82) is 5.26 Å². The topological polar surface area (TPSA) is 73.4 Å². The first-order chi connectivity index (χ1) is 11.7. The maximum Gasteiger partial charge on any atom is 0.253 e. The molecule has 3 rings (SSSR count). The summed E-state index contributed by atoms with van der Waals surface area (Å²) in [4.78, 5) is 16.8. The Kier molecular flexibility index (Phi) is 4.92. The number of amides is 1. The second-order valence-electron chi connectivity index (χ2n) is 6.04. The van der Waals surface area contributed by atoms with Crippen LogP contribution in [-0.2, 0) is 6.54 Å². The molecular weight excluding hydrogens is 304 g/mol. The summed E-state index contributed by atoms with van der Waals surface area (Å²) in [5, 5.41) is 13.0. The van der Waals surface area contributed by atoms with Crippen LogP contribution < -0.4 is 0 Å². The van der Waals surface area contributed by atoms with Crippen LogP contribution in [0.25, 0.3) is 0 Å². The molecule has 6 heteroatoms. The number of hydrogen-bond acceptors (Lipinski definition) is 5. The van der Waals surface area contributed by atoms with Gasteiger partial charge in [0.15, 0.2) is 0 Å². The Morgan fingerprint density at radius 3 is 2.92 bits per heavy atom. The molecule has 1 aliphatic heterocycles. The molecule has 0 spiro atoms. The molecule has 0 N–H and O–H groups in total. The Balaban J connectivity index is 1.62. The SMILES string of the molecule is Cc1cc(CN2CCCN(C(=O)c3cccc(C#N)c3)CC2)no1. The van der Waals surface area contributed by atoms with Crippen molar-refractivity contribution in [1.82, 2.24) is 15.0 Å². The van der Waals surface area contributed by atoms with Crippen LogP contribution in [0.4, 0.5) is 0 Å². The first-order valence-corrected chi connectivity index (χ1v) is 8.10. The van der Waals surface area contributed by atoms with Gasteiger partial charge in [-0.25, -0.2) is 0 Å². The van der Waals surface area contributed by atoms with E-state index in [2.05, 4.69) is 16.1 Å². The van der Waals surface area contributed by atoms with Gasteiger partial charge in [0.05, 0.1) is 17.3 Å². The first-order valence-electron chi connectivity index (χ1n) is 8.10. The number of carbonyl (C=O) groups is 1. The molecule has 2 aromatic rings. The molecule has 124 valence electrons. The number of aryl methyl sites for hydroxylation is 1. The highest BCUT2D eigenvalue weighted by Gasteiger charge is 2.21. The lowest BCUT2D eigenvalue weighted by Crippen LogP contribution is -2.35. The number of carbonyl (C=O) groups excluding carboxylic acids is 1. The standard InChI is InChI=1S/C18H20N4O2/c1-14-10-17(20-24-14)13-21-6-3-7-22(9-8-21)18(23)16-5-2-4-15(11-16)12-19/h2,4-5,10-11H,3,6-9,13H2,1H3.